The molecule has 0 bridgehead atoms. The van der Waals surface area contributed by atoms with Crippen molar-refractivity contribution in [3.8, 4) is 5.75 Å². The highest BCUT2D eigenvalue weighted by molar-refractivity contribution is 6.30. The summed E-state index contributed by atoms with van der Waals surface area (Å²) in [4.78, 5) is 0. The van der Waals surface area contributed by atoms with Crippen LogP contribution in [-0.2, 0) is 0 Å². The predicted molar refractivity (Wildman–Crippen MR) is 55.1 cm³/mol. The molecule has 0 amide bonds. The molecule has 0 heterocycles. The van der Waals surface area contributed by atoms with Gasteiger partial charge < -0.3 is 10.5 Å². The van der Waals surface area contributed by atoms with Crippen molar-refractivity contribution in [3.63, 3.8) is 0 Å². The van der Waals surface area contributed by atoms with E-state index in [4.69, 9.17) is 22.1 Å². The van der Waals surface area contributed by atoms with Crippen LogP contribution in [-0.4, -0.2) is 7.11 Å². The average Bonchev–Trinajstić information content (AvgIpc) is 2.16. The molecule has 1 unspecified atom stereocenters. The summed E-state index contributed by atoms with van der Waals surface area (Å²) < 4.78 is 5.14. The van der Waals surface area contributed by atoms with Gasteiger partial charge in [0.15, 0.2) is 0 Å². The summed E-state index contributed by atoms with van der Waals surface area (Å²) in [6.45, 7) is 3.62. The molecule has 2 nitrogen and oxygen atoms in total. The molecule has 0 spiro atoms. The van der Waals surface area contributed by atoms with Crippen molar-refractivity contribution in [2.24, 2.45) is 5.73 Å². The van der Waals surface area contributed by atoms with Crippen LogP contribution in [0, 0.1) is 0 Å². The van der Waals surface area contributed by atoms with Crippen molar-refractivity contribution in [1.82, 2.24) is 0 Å². The summed E-state index contributed by atoms with van der Waals surface area (Å²) in [5.41, 5.74) is 6.67. The molecule has 1 aromatic rings. The Kier molecular flexibility index (Phi) is 3.34. The number of methoxy groups -OCH3 is 1. The van der Waals surface area contributed by atoms with Crippen molar-refractivity contribution < 1.29 is 4.74 Å². The van der Waals surface area contributed by atoms with Crippen LogP contribution in [0.2, 0.25) is 5.02 Å². The molecule has 0 aliphatic heterocycles. The van der Waals surface area contributed by atoms with Gasteiger partial charge in [-0.25, -0.2) is 0 Å². The molecule has 13 heavy (non-hydrogen) atoms. The number of nitrogens with two attached hydrogens (primary N) is 1. The normalized spacial score (nSPS) is 12.2. The zero-order chi connectivity index (χ0) is 9.84. The molecule has 0 radical (unpaired) electrons. The molecule has 70 valence electrons. The third kappa shape index (κ3) is 2.23. The smallest absolute Gasteiger partial charge is 0.125 e. The molecule has 0 saturated carbocycles. The zero-order valence-corrected chi connectivity index (χ0v) is 8.21. The first-order chi connectivity index (χ1) is 6.19. The zero-order valence-electron chi connectivity index (χ0n) is 7.46. The van der Waals surface area contributed by atoms with Crippen LogP contribution < -0.4 is 10.5 Å². The molecular weight excluding hydrogens is 186 g/mol. The summed E-state index contributed by atoms with van der Waals surface area (Å²) in [6.07, 6.45) is 1.66. The Morgan fingerprint density at radius 3 is 2.85 bits per heavy atom. The standard InChI is InChI=1S/C10H12ClNO/c1-3-9(12)8-5-4-7(11)6-10(8)13-2/h3-6,9H,1,12H2,2H3. The van der Waals surface area contributed by atoms with E-state index in [0.29, 0.717) is 10.8 Å². The summed E-state index contributed by atoms with van der Waals surface area (Å²) >= 11 is 5.80. The highest BCUT2D eigenvalue weighted by atomic mass is 35.5. The van der Waals surface area contributed by atoms with Gasteiger partial charge >= 0.3 is 0 Å². The minimum Gasteiger partial charge on any atom is -0.496 e. The first kappa shape index (κ1) is 10.1. The third-order valence-electron chi connectivity index (χ3n) is 1.81. The lowest BCUT2D eigenvalue weighted by atomic mass is 10.1. The number of hydrogen-bond donors (Lipinski definition) is 1. The van der Waals surface area contributed by atoms with Crippen molar-refractivity contribution in [1.29, 1.82) is 0 Å². The number of benzene rings is 1. The van der Waals surface area contributed by atoms with E-state index in [1.807, 2.05) is 6.07 Å². The lowest BCUT2D eigenvalue weighted by Gasteiger charge is -2.11. The van der Waals surface area contributed by atoms with Crippen molar-refractivity contribution in [2.45, 2.75) is 6.04 Å². The van der Waals surface area contributed by atoms with Gasteiger partial charge in [0.2, 0.25) is 0 Å². The van der Waals surface area contributed by atoms with Crippen LogP contribution in [0.5, 0.6) is 5.75 Å². The van der Waals surface area contributed by atoms with Gasteiger partial charge in [-0.15, -0.1) is 6.58 Å². The Labute approximate surface area is 83.0 Å². The van der Waals surface area contributed by atoms with E-state index in [9.17, 15) is 0 Å². The molecule has 0 aliphatic carbocycles. The molecule has 2 N–H and O–H groups in total. The molecule has 0 saturated heterocycles. The topological polar surface area (TPSA) is 35.2 Å². The number of rotatable bonds is 3. The lowest BCUT2D eigenvalue weighted by Crippen LogP contribution is -2.07. The Balaban J connectivity index is 3.12. The summed E-state index contributed by atoms with van der Waals surface area (Å²) in [6, 6.07) is 5.14. The Morgan fingerprint density at radius 2 is 2.31 bits per heavy atom. The van der Waals surface area contributed by atoms with Crippen LogP contribution in [0.4, 0.5) is 0 Å². The van der Waals surface area contributed by atoms with Crippen LogP contribution in [0.25, 0.3) is 0 Å². The van der Waals surface area contributed by atoms with Gasteiger partial charge in [0.25, 0.3) is 0 Å². The van der Waals surface area contributed by atoms with Crippen LogP contribution in [0.15, 0.2) is 30.9 Å². The Morgan fingerprint density at radius 1 is 1.62 bits per heavy atom. The molecule has 1 rings (SSSR count). The fraction of sp³-hybridized carbons (Fsp3) is 0.200. The van der Waals surface area contributed by atoms with E-state index in [2.05, 4.69) is 6.58 Å². The molecule has 3 heteroatoms. The van der Waals surface area contributed by atoms with E-state index in [1.54, 1.807) is 25.3 Å². The molecule has 1 aromatic carbocycles. The fourth-order valence-corrected chi connectivity index (χ4v) is 1.25. The molecule has 0 aliphatic rings. The van der Waals surface area contributed by atoms with Crippen LogP contribution in [0.1, 0.15) is 11.6 Å². The second-order valence-corrected chi connectivity index (χ2v) is 3.08. The number of hydrogen-bond acceptors (Lipinski definition) is 2. The summed E-state index contributed by atoms with van der Waals surface area (Å²) in [5, 5.41) is 0.636. The highest BCUT2D eigenvalue weighted by Crippen LogP contribution is 2.27. The molecule has 1 atom stereocenters. The van der Waals surface area contributed by atoms with Gasteiger partial charge in [-0.2, -0.15) is 0 Å². The van der Waals surface area contributed by atoms with Gasteiger partial charge in [-0.3, -0.25) is 0 Å². The largest absolute Gasteiger partial charge is 0.496 e. The molecule has 0 aromatic heterocycles. The quantitative estimate of drug-likeness (QED) is 0.756. The molecule has 0 fully saturated rings. The van der Waals surface area contributed by atoms with Crippen molar-refractivity contribution >= 4 is 11.6 Å². The fourth-order valence-electron chi connectivity index (χ4n) is 1.09. The minimum absolute atomic E-state index is 0.216. The first-order valence-electron chi connectivity index (χ1n) is 3.90. The van der Waals surface area contributed by atoms with Crippen molar-refractivity contribution in [2.75, 3.05) is 7.11 Å². The van der Waals surface area contributed by atoms with Gasteiger partial charge in [-0.1, -0.05) is 23.7 Å². The maximum Gasteiger partial charge on any atom is 0.125 e. The van der Waals surface area contributed by atoms with Gasteiger partial charge in [-0.05, 0) is 12.1 Å². The summed E-state index contributed by atoms with van der Waals surface area (Å²) in [5.74, 6) is 0.694. The number of ether oxygens (including phenoxy) is 1. The Bertz CT molecular complexity index is 312. The minimum atomic E-state index is -0.216. The first-order valence-corrected chi connectivity index (χ1v) is 4.28. The maximum absolute atomic E-state index is 5.80. The van der Waals surface area contributed by atoms with Crippen LogP contribution >= 0.6 is 11.6 Å². The molecular formula is C10H12ClNO. The van der Waals surface area contributed by atoms with Gasteiger partial charge in [0, 0.05) is 10.6 Å². The van der Waals surface area contributed by atoms with E-state index in [-0.39, 0.29) is 6.04 Å². The third-order valence-corrected chi connectivity index (χ3v) is 2.04. The van der Waals surface area contributed by atoms with E-state index in [1.165, 1.54) is 0 Å². The second-order valence-electron chi connectivity index (χ2n) is 2.65. The van der Waals surface area contributed by atoms with Gasteiger partial charge in [0.05, 0.1) is 13.2 Å². The summed E-state index contributed by atoms with van der Waals surface area (Å²) in [7, 11) is 1.59. The monoisotopic (exact) mass is 197 g/mol. The second kappa shape index (κ2) is 4.30. The van der Waals surface area contributed by atoms with Crippen molar-refractivity contribution in [3.05, 3.63) is 41.4 Å². The lowest BCUT2D eigenvalue weighted by molar-refractivity contribution is 0.408. The van der Waals surface area contributed by atoms with E-state index in [0.717, 1.165) is 5.56 Å². The Hall–Kier alpha value is -0.990. The average molecular weight is 198 g/mol. The predicted octanol–water partition coefficient (Wildman–Crippen LogP) is 2.53. The van der Waals surface area contributed by atoms with Gasteiger partial charge in [0.1, 0.15) is 5.75 Å². The van der Waals surface area contributed by atoms with E-state index >= 15 is 0 Å². The number of halogens is 1. The van der Waals surface area contributed by atoms with E-state index < -0.39 is 0 Å². The highest BCUT2D eigenvalue weighted by Gasteiger charge is 2.08. The maximum atomic E-state index is 5.80. The van der Waals surface area contributed by atoms with Crippen LogP contribution in [0.3, 0.4) is 0 Å². The SMILES string of the molecule is C=CC(N)c1ccc(Cl)cc1OC.